The Morgan fingerprint density at radius 2 is 1.80 bits per heavy atom. The maximum atomic E-state index is 12.2. The molecule has 0 aliphatic heterocycles. The van der Waals surface area contributed by atoms with Crippen LogP contribution in [0, 0.1) is 6.92 Å². The smallest absolute Gasteiger partial charge is 0.316 e. The zero-order valence-electron chi connectivity index (χ0n) is 17.8. The van der Waals surface area contributed by atoms with Crippen molar-refractivity contribution < 1.29 is 23.6 Å². The molecule has 9 heteroatoms. The normalized spacial score (nSPS) is 12.2. The first-order chi connectivity index (χ1) is 14.0. The Kier molecular flexibility index (Phi) is 8.05. The van der Waals surface area contributed by atoms with E-state index in [4.69, 9.17) is 9.26 Å². The number of carbonyl (C=O) groups excluding carboxylic acids is 3. The molecule has 0 fully saturated rings. The van der Waals surface area contributed by atoms with Gasteiger partial charge in [0.25, 0.3) is 5.91 Å². The first kappa shape index (κ1) is 23.5. The number of hydrogen-bond donors (Lipinski definition) is 2. The van der Waals surface area contributed by atoms with Crippen molar-refractivity contribution in [3.8, 4) is 0 Å². The van der Waals surface area contributed by atoms with Crippen molar-refractivity contribution >= 4 is 41.1 Å². The summed E-state index contributed by atoms with van der Waals surface area (Å²) >= 11 is 1.08. The van der Waals surface area contributed by atoms with Crippen LogP contribution >= 0.6 is 11.8 Å². The summed E-state index contributed by atoms with van der Waals surface area (Å²) in [6.45, 7) is 9.55. The summed E-state index contributed by atoms with van der Waals surface area (Å²) in [5, 5.41) is 8.94. The average Bonchev–Trinajstić information content (AvgIpc) is 3.05. The summed E-state index contributed by atoms with van der Waals surface area (Å²) in [4.78, 5) is 36.0. The molecule has 1 unspecified atom stereocenters. The molecule has 0 spiro atoms. The van der Waals surface area contributed by atoms with Gasteiger partial charge in [0.1, 0.15) is 5.76 Å². The van der Waals surface area contributed by atoms with Gasteiger partial charge in [-0.05, 0) is 37.0 Å². The van der Waals surface area contributed by atoms with Crippen molar-refractivity contribution in [3.63, 3.8) is 0 Å². The maximum absolute atomic E-state index is 12.2. The summed E-state index contributed by atoms with van der Waals surface area (Å²) in [7, 11) is 0. The fourth-order valence-corrected chi connectivity index (χ4v) is 3.01. The van der Waals surface area contributed by atoms with Crippen molar-refractivity contribution in [1.29, 1.82) is 0 Å². The van der Waals surface area contributed by atoms with E-state index in [2.05, 4.69) is 36.6 Å². The number of nitrogens with one attached hydrogen (secondary N) is 2. The topological polar surface area (TPSA) is 111 Å². The highest BCUT2D eigenvalue weighted by Gasteiger charge is 2.19. The molecule has 0 aliphatic rings. The average molecular weight is 434 g/mol. The molecule has 1 aromatic heterocycles. The molecule has 1 aromatic carbocycles. The number of amides is 2. The number of nitrogens with zero attached hydrogens (tertiary/aromatic N) is 1. The van der Waals surface area contributed by atoms with Gasteiger partial charge in [-0.3, -0.25) is 14.4 Å². The van der Waals surface area contributed by atoms with Crippen LogP contribution in [-0.2, 0) is 24.5 Å². The number of aromatic nitrogens is 1. The zero-order valence-corrected chi connectivity index (χ0v) is 18.6. The molecule has 0 bridgehead atoms. The predicted molar refractivity (Wildman–Crippen MR) is 117 cm³/mol. The van der Waals surface area contributed by atoms with E-state index in [0.29, 0.717) is 17.3 Å². The van der Waals surface area contributed by atoms with E-state index < -0.39 is 18.0 Å². The second-order valence-corrected chi connectivity index (χ2v) is 8.80. The van der Waals surface area contributed by atoms with Crippen LogP contribution in [0.2, 0.25) is 0 Å². The second kappa shape index (κ2) is 10.3. The first-order valence-corrected chi connectivity index (χ1v) is 10.6. The van der Waals surface area contributed by atoms with Crippen LogP contribution in [0.5, 0.6) is 0 Å². The van der Waals surface area contributed by atoms with Crippen LogP contribution in [0.4, 0.5) is 11.5 Å². The van der Waals surface area contributed by atoms with Crippen LogP contribution in [0.1, 0.15) is 39.0 Å². The largest absolute Gasteiger partial charge is 0.452 e. The van der Waals surface area contributed by atoms with Gasteiger partial charge in [-0.2, -0.15) is 0 Å². The van der Waals surface area contributed by atoms with Crippen molar-refractivity contribution in [2.24, 2.45) is 0 Å². The fraction of sp³-hybridized carbons (Fsp3) is 0.429. The third kappa shape index (κ3) is 7.55. The zero-order chi connectivity index (χ0) is 22.3. The van der Waals surface area contributed by atoms with Gasteiger partial charge in [-0.15, -0.1) is 11.8 Å². The van der Waals surface area contributed by atoms with Crippen molar-refractivity contribution in [1.82, 2.24) is 5.16 Å². The molecule has 0 aliphatic carbocycles. The van der Waals surface area contributed by atoms with E-state index in [0.717, 1.165) is 17.3 Å². The SMILES string of the molecule is Cc1cc(NC(=O)CSCC(=O)OC(C)C(=O)Nc2ccc(C(C)(C)C)cc2)no1. The minimum absolute atomic E-state index is 0.0217. The van der Waals surface area contributed by atoms with Crippen LogP contribution in [0.3, 0.4) is 0 Å². The number of rotatable bonds is 8. The molecule has 2 rings (SSSR count). The van der Waals surface area contributed by atoms with E-state index in [1.807, 2.05) is 24.3 Å². The molecule has 162 valence electrons. The lowest BCUT2D eigenvalue weighted by molar-refractivity contribution is -0.150. The van der Waals surface area contributed by atoms with Gasteiger partial charge in [-0.1, -0.05) is 38.1 Å². The number of ether oxygens (including phenoxy) is 1. The van der Waals surface area contributed by atoms with Crippen molar-refractivity contribution in [3.05, 3.63) is 41.7 Å². The molecule has 1 atom stereocenters. The minimum atomic E-state index is -0.952. The lowest BCUT2D eigenvalue weighted by Gasteiger charge is -2.19. The molecule has 1 heterocycles. The number of hydrogen-bond acceptors (Lipinski definition) is 7. The van der Waals surface area contributed by atoms with E-state index in [1.54, 1.807) is 13.0 Å². The predicted octanol–water partition coefficient (Wildman–Crippen LogP) is 3.52. The lowest BCUT2D eigenvalue weighted by atomic mass is 9.87. The third-order valence-corrected chi connectivity index (χ3v) is 4.95. The first-order valence-electron chi connectivity index (χ1n) is 9.46. The van der Waals surface area contributed by atoms with Crippen LogP contribution in [0.25, 0.3) is 0 Å². The monoisotopic (exact) mass is 433 g/mol. The Balaban J connectivity index is 1.71. The maximum Gasteiger partial charge on any atom is 0.316 e. The summed E-state index contributed by atoms with van der Waals surface area (Å²) in [5.41, 5.74) is 1.80. The van der Waals surface area contributed by atoms with Crippen molar-refractivity contribution in [2.75, 3.05) is 22.1 Å². The number of aryl methyl sites for hydroxylation is 1. The molecule has 8 nitrogen and oxygen atoms in total. The van der Waals surface area contributed by atoms with Crippen molar-refractivity contribution in [2.45, 2.75) is 46.1 Å². The van der Waals surface area contributed by atoms with E-state index in [-0.39, 0.29) is 22.8 Å². The molecule has 0 saturated heterocycles. The van der Waals surface area contributed by atoms with Gasteiger partial charge in [0.15, 0.2) is 11.9 Å². The quantitative estimate of drug-likeness (QED) is 0.613. The van der Waals surface area contributed by atoms with E-state index in [9.17, 15) is 14.4 Å². The molecular weight excluding hydrogens is 406 g/mol. The molecule has 30 heavy (non-hydrogen) atoms. The summed E-state index contributed by atoms with van der Waals surface area (Å²) < 4.78 is 9.99. The molecular formula is C21H27N3O5S. The third-order valence-electron chi connectivity index (χ3n) is 4.04. The fourth-order valence-electron chi connectivity index (χ4n) is 2.41. The number of benzene rings is 1. The highest BCUT2D eigenvalue weighted by Crippen LogP contribution is 2.23. The summed E-state index contributed by atoms with van der Waals surface area (Å²) in [5.74, 6) is -0.414. The Labute approximate surface area is 180 Å². The van der Waals surface area contributed by atoms with Crippen LogP contribution in [-0.4, -0.2) is 40.6 Å². The number of esters is 1. The molecule has 0 radical (unpaired) electrons. The van der Waals surface area contributed by atoms with Gasteiger partial charge in [0.05, 0.1) is 11.5 Å². The van der Waals surface area contributed by atoms with E-state index >= 15 is 0 Å². The molecule has 2 amide bonds. The summed E-state index contributed by atoms with van der Waals surface area (Å²) in [6, 6.07) is 9.13. The van der Waals surface area contributed by atoms with Gasteiger partial charge < -0.3 is 19.9 Å². The van der Waals surface area contributed by atoms with Crippen LogP contribution in [0.15, 0.2) is 34.9 Å². The molecule has 0 saturated carbocycles. The number of carbonyl (C=O) groups is 3. The summed E-state index contributed by atoms with van der Waals surface area (Å²) in [6.07, 6.45) is -0.952. The van der Waals surface area contributed by atoms with Gasteiger partial charge >= 0.3 is 5.97 Å². The van der Waals surface area contributed by atoms with Gasteiger partial charge in [0, 0.05) is 11.8 Å². The standard InChI is InChI=1S/C21H27N3O5S/c1-13-10-17(24-29-13)23-18(25)11-30-12-19(26)28-14(2)20(27)22-16-8-6-15(7-9-16)21(3,4)5/h6-10,14H,11-12H2,1-5H3,(H,22,27)(H,23,24,25). The molecule has 2 N–H and O–H groups in total. The Morgan fingerprint density at radius 1 is 1.13 bits per heavy atom. The van der Waals surface area contributed by atoms with Gasteiger partial charge in [0.2, 0.25) is 5.91 Å². The van der Waals surface area contributed by atoms with E-state index in [1.165, 1.54) is 6.92 Å². The lowest BCUT2D eigenvalue weighted by Crippen LogP contribution is -2.30. The Bertz CT molecular complexity index is 887. The highest BCUT2D eigenvalue weighted by atomic mass is 32.2. The minimum Gasteiger partial charge on any atom is -0.452 e. The Morgan fingerprint density at radius 3 is 2.37 bits per heavy atom. The second-order valence-electron chi connectivity index (χ2n) is 7.81. The number of thioether (sulfide) groups is 1. The highest BCUT2D eigenvalue weighted by molar-refractivity contribution is 8.00. The molecule has 2 aromatic rings. The van der Waals surface area contributed by atoms with Gasteiger partial charge in [-0.25, -0.2) is 0 Å². The number of anilines is 2. The Hall–Kier alpha value is -2.81. The van der Waals surface area contributed by atoms with Crippen LogP contribution < -0.4 is 10.6 Å².